The third-order valence-electron chi connectivity index (χ3n) is 4.20. The summed E-state index contributed by atoms with van der Waals surface area (Å²) in [6.07, 6.45) is 0. The van der Waals surface area contributed by atoms with Gasteiger partial charge in [0.15, 0.2) is 0 Å². The summed E-state index contributed by atoms with van der Waals surface area (Å²) in [5.74, 6) is -1.73. The van der Waals surface area contributed by atoms with Crippen molar-refractivity contribution in [1.82, 2.24) is 5.32 Å². The number of nitrogens with one attached hydrogen (secondary N) is 1. The lowest BCUT2D eigenvalue weighted by Crippen LogP contribution is -2.36. The highest BCUT2D eigenvalue weighted by atomic mass is 16.6. The van der Waals surface area contributed by atoms with Gasteiger partial charge in [-0.3, -0.25) is 0 Å². The van der Waals surface area contributed by atoms with Gasteiger partial charge in [0, 0.05) is 11.4 Å². The van der Waals surface area contributed by atoms with E-state index >= 15 is 0 Å². The van der Waals surface area contributed by atoms with Crippen molar-refractivity contribution in [2.45, 2.75) is 72.5 Å². The minimum absolute atomic E-state index is 0.0448. The molecule has 0 spiro atoms. The molecule has 1 aromatic carbocycles. The number of benzene rings is 1. The zero-order valence-corrected chi connectivity index (χ0v) is 18.5. The zero-order valence-electron chi connectivity index (χ0n) is 18.5. The van der Waals surface area contributed by atoms with Gasteiger partial charge >= 0.3 is 11.9 Å². The number of aromatic hydroxyl groups is 1. The van der Waals surface area contributed by atoms with E-state index in [1.54, 1.807) is 73.6 Å². The van der Waals surface area contributed by atoms with Crippen LogP contribution < -0.4 is 5.32 Å². The minimum atomic E-state index is -0.729. The normalized spacial score (nSPS) is 15.9. The highest BCUT2D eigenvalue weighted by Crippen LogP contribution is 2.41. The smallest absolute Gasteiger partial charge is 0.337 e. The molecule has 0 saturated carbocycles. The first-order chi connectivity index (χ1) is 13.2. The molecule has 1 aliphatic heterocycles. The number of ether oxygens (including phenoxy) is 2. The van der Waals surface area contributed by atoms with Crippen molar-refractivity contribution < 1.29 is 24.2 Å². The van der Waals surface area contributed by atoms with E-state index in [1.807, 2.05) is 0 Å². The highest BCUT2D eigenvalue weighted by molar-refractivity contribution is 6.00. The summed E-state index contributed by atoms with van der Waals surface area (Å²) in [5.41, 5.74) is 1.03. The molecule has 0 fully saturated rings. The number of phenols is 1. The van der Waals surface area contributed by atoms with Crippen LogP contribution in [-0.2, 0) is 19.1 Å². The van der Waals surface area contributed by atoms with Crippen LogP contribution in [0.3, 0.4) is 0 Å². The Morgan fingerprint density at radius 1 is 0.897 bits per heavy atom. The molecule has 0 aromatic heterocycles. The number of carbonyl (C=O) groups is 2. The summed E-state index contributed by atoms with van der Waals surface area (Å²) in [6, 6.07) is 6.53. The molecule has 2 rings (SSSR count). The van der Waals surface area contributed by atoms with E-state index in [0.29, 0.717) is 28.1 Å². The fourth-order valence-electron chi connectivity index (χ4n) is 3.24. The maximum Gasteiger partial charge on any atom is 0.337 e. The summed E-state index contributed by atoms with van der Waals surface area (Å²) in [6.45, 7) is 14.3. The maximum atomic E-state index is 13.1. The number of hydrogen-bond donors (Lipinski definition) is 2. The Labute approximate surface area is 172 Å². The Bertz CT molecular complexity index is 831. The number of esters is 2. The molecule has 6 nitrogen and oxygen atoms in total. The average molecular weight is 402 g/mol. The van der Waals surface area contributed by atoms with Crippen LogP contribution in [-0.4, -0.2) is 28.2 Å². The van der Waals surface area contributed by atoms with Crippen LogP contribution in [0, 0.1) is 0 Å². The molecule has 0 saturated heterocycles. The van der Waals surface area contributed by atoms with Crippen molar-refractivity contribution in [3.05, 3.63) is 52.4 Å². The second kappa shape index (κ2) is 7.93. The van der Waals surface area contributed by atoms with E-state index in [2.05, 4.69) is 5.32 Å². The molecule has 0 amide bonds. The third-order valence-corrected chi connectivity index (χ3v) is 4.20. The quantitative estimate of drug-likeness (QED) is 0.734. The lowest BCUT2D eigenvalue weighted by atomic mass is 9.80. The van der Waals surface area contributed by atoms with Crippen LogP contribution in [0.2, 0.25) is 0 Å². The predicted molar refractivity (Wildman–Crippen MR) is 111 cm³/mol. The molecule has 2 N–H and O–H groups in total. The Morgan fingerprint density at radius 3 is 1.72 bits per heavy atom. The molecule has 6 heteroatoms. The highest BCUT2D eigenvalue weighted by Gasteiger charge is 2.40. The summed E-state index contributed by atoms with van der Waals surface area (Å²) in [5, 5.41) is 13.1. The molecule has 29 heavy (non-hydrogen) atoms. The van der Waals surface area contributed by atoms with E-state index in [-0.39, 0.29) is 5.75 Å². The van der Waals surface area contributed by atoms with Crippen molar-refractivity contribution in [3.8, 4) is 5.75 Å². The fourth-order valence-corrected chi connectivity index (χ4v) is 3.24. The summed E-state index contributed by atoms with van der Waals surface area (Å²) >= 11 is 0. The summed E-state index contributed by atoms with van der Waals surface area (Å²) in [7, 11) is 0. The standard InChI is InChI=1S/C23H31NO5/c1-13-17(20(26)28-22(3,4)5)19(15-10-9-11-16(25)12-15)18(14(2)24-13)21(27)29-23(6,7)8/h9-12,19,24-25H,1-8H3. The van der Waals surface area contributed by atoms with Crippen molar-refractivity contribution in [2.75, 3.05) is 0 Å². The van der Waals surface area contributed by atoms with Crippen LogP contribution in [0.4, 0.5) is 0 Å². The number of rotatable bonds is 3. The van der Waals surface area contributed by atoms with E-state index in [0.717, 1.165) is 0 Å². The SMILES string of the molecule is CC1=C(C(=O)OC(C)(C)C)C(c2cccc(O)c2)C(C(=O)OC(C)(C)C)=C(C)N1. The topological polar surface area (TPSA) is 84.9 Å². The van der Waals surface area contributed by atoms with Gasteiger partial charge in [0.25, 0.3) is 0 Å². The first kappa shape index (κ1) is 22.5. The molecule has 1 aromatic rings. The molecule has 0 bridgehead atoms. The first-order valence-electron chi connectivity index (χ1n) is 9.64. The van der Waals surface area contributed by atoms with Crippen molar-refractivity contribution in [3.63, 3.8) is 0 Å². The van der Waals surface area contributed by atoms with Gasteiger partial charge in [0.05, 0.1) is 17.1 Å². The summed E-state index contributed by atoms with van der Waals surface area (Å²) < 4.78 is 11.2. The van der Waals surface area contributed by atoms with Gasteiger partial charge in [-0.05, 0) is 73.1 Å². The molecular formula is C23H31NO5. The van der Waals surface area contributed by atoms with Crippen LogP contribution in [0.25, 0.3) is 0 Å². The van der Waals surface area contributed by atoms with Gasteiger partial charge in [0.2, 0.25) is 0 Å². The van der Waals surface area contributed by atoms with Crippen LogP contribution in [0.1, 0.15) is 66.9 Å². The van der Waals surface area contributed by atoms with Crippen molar-refractivity contribution in [2.24, 2.45) is 0 Å². The monoisotopic (exact) mass is 401 g/mol. The second-order valence-electron chi connectivity index (χ2n) is 9.23. The number of phenolic OH excluding ortho intramolecular Hbond substituents is 1. The number of carbonyl (C=O) groups excluding carboxylic acids is 2. The summed E-state index contributed by atoms with van der Waals surface area (Å²) in [4.78, 5) is 26.2. The molecule has 1 heterocycles. The molecule has 158 valence electrons. The molecule has 0 unspecified atom stereocenters. The largest absolute Gasteiger partial charge is 0.508 e. The predicted octanol–water partition coefficient (Wildman–Crippen LogP) is 4.31. The van der Waals surface area contributed by atoms with Gasteiger partial charge < -0.3 is 19.9 Å². The first-order valence-corrected chi connectivity index (χ1v) is 9.64. The number of allylic oxidation sites excluding steroid dienone is 2. The Hall–Kier alpha value is -2.76. The van der Waals surface area contributed by atoms with E-state index in [1.165, 1.54) is 6.07 Å². The Morgan fingerprint density at radius 2 is 1.34 bits per heavy atom. The van der Waals surface area contributed by atoms with Gasteiger partial charge in [-0.15, -0.1) is 0 Å². The fraction of sp³-hybridized carbons (Fsp3) is 0.478. The van der Waals surface area contributed by atoms with E-state index < -0.39 is 29.1 Å². The number of hydrogen-bond acceptors (Lipinski definition) is 6. The molecule has 1 aliphatic rings. The molecule has 0 radical (unpaired) electrons. The molecule has 0 atom stereocenters. The zero-order chi connectivity index (χ0) is 22.1. The van der Waals surface area contributed by atoms with Crippen LogP contribution in [0.5, 0.6) is 5.75 Å². The lowest BCUT2D eigenvalue weighted by Gasteiger charge is -2.33. The van der Waals surface area contributed by atoms with Gasteiger partial charge in [-0.1, -0.05) is 12.1 Å². The average Bonchev–Trinajstić information content (AvgIpc) is 2.50. The maximum absolute atomic E-state index is 13.1. The number of dihydropyridines is 1. The van der Waals surface area contributed by atoms with Crippen LogP contribution in [0.15, 0.2) is 46.8 Å². The second-order valence-corrected chi connectivity index (χ2v) is 9.23. The molecule has 0 aliphatic carbocycles. The van der Waals surface area contributed by atoms with E-state index in [9.17, 15) is 14.7 Å². The van der Waals surface area contributed by atoms with Gasteiger partial charge in [-0.25, -0.2) is 9.59 Å². The van der Waals surface area contributed by atoms with Gasteiger partial charge in [0.1, 0.15) is 17.0 Å². The van der Waals surface area contributed by atoms with Gasteiger partial charge in [-0.2, -0.15) is 0 Å². The lowest BCUT2D eigenvalue weighted by molar-refractivity contribution is -0.150. The Kier molecular flexibility index (Phi) is 6.16. The van der Waals surface area contributed by atoms with Crippen molar-refractivity contribution in [1.29, 1.82) is 0 Å². The third kappa shape index (κ3) is 5.62. The van der Waals surface area contributed by atoms with Crippen molar-refractivity contribution >= 4 is 11.9 Å². The Balaban J connectivity index is 2.65. The molecular weight excluding hydrogens is 370 g/mol. The minimum Gasteiger partial charge on any atom is -0.508 e. The van der Waals surface area contributed by atoms with E-state index in [4.69, 9.17) is 9.47 Å². The van der Waals surface area contributed by atoms with Crippen LogP contribution >= 0.6 is 0 Å².